The van der Waals surface area contributed by atoms with Gasteiger partial charge in [-0.15, -0.1) is 0 Å². The number of carbonyl (C=O) groups excluding carboxylic acids is 3. The van der Waals surface area contributed by atoms with Gasteiger partial charge in [0.1, 0.15) is 13.2 Å². The van der Waals surface area contributed by atoms with Crippen molar-refractivity contribution in [3.05, 3.63) is 134 Å². The molecule has 0 aliphatic heterocycles. The van der Waals surface area contributed by atoms with Gasteiger partial charge < -0.3 is 14.2 Å². The molecule has 0 rings (SSSR count). The monoisotopic (exact) mass is 897 g/mol. The summed E-state index contributed by atoms with van der Waals surface area (Å²) in [6, 6.07) is 0. The third-order valence-corrected chi connectivity index (χ3v) is 10.2. The van der Waals surface area contributed by atoms with E-state index in [-0.39, 0.29) is 44.0 Å². The molecule has 1 atom stereocenters. The van der Waals surface area contributed by atoms with Gasteiger partial charge in [0, 0.05) is 19.3 Å². The van der Waals surface area contributed by atoms with Gasteiger partial charge in [-0.1, -0.05) is 219 Å². The maximum absolute atomic E-state index is 12.8. The van der Waals surface area contributed by atoms with Crippen LogP contribution >= 0.6 is 0 Å². The van der Waals surface area contributed by atoms with E-state index in [1.54, 1.807) is 0 Å². The van der Waals surface area contributed by atoms with E-state index >= 15 is 0 Å². The Kier molecular flexibility index (Phi) is 48.6. The maximum Gasteiger partial charge on any atom is 0.306 e. The van der Waals surface area contributed by atoms with Gasteiger partial charge in [-0.3, -0.25) is 14.4 Å². The first kappa shape index (κ1) is 60.6. The van der Waals surface area contributed by atoms with E-state index in [0.717, 1.165) is 70.6 Å². The lowest BCUT2D eigenvalue weighted by molar-refractivity contribution is -0.167. The van der Waals surface area contributed by atoms with Gasteiger partial charge in [0.05, 0.1) is 0 Å². The van der Waals surface area contributed by atoms with Crippen molar-refractivity contribution in [1.82, 2.24) is 0 Å². The summed E-state index contributed by atoms with van der Waals surface area (Å²) in [6.07, 6.45) is 73.1. The summed E-state index contributed by atoms with van der Waals surface area (Å²) in [5.41, 5.74) is 0. The maximum atomic E-state index is 12.8. The summed E-state index contributed by atoms with van der Waals surface area (Å²) in [5.74, 6) is -1.08. The lowest BCUT2D eigenvalue weighted by atomic mass is 10.1. The molecule has 0 aromatic carbocycles. The number of esters is 3. The SMILES string of the molecule is CC/C=C/C=C/C=C/C=C/C=C/CCCC(=O)OCC(COC(=O)CCC/C=C/C/C=C/C/C=C/C/C=C/C/C=C/CC)OC(=O)CCCCCCCCC/C=C/CCCCCCCC. The van der Waals surface area contributed by atoms with Gasteiger partial charge in [0.25, 0.3) is 0 Å². The summed E-state index contributed by atoms with van der Waals surface area (Å²) in [5, 5.41) is 0. The van der Waals surface area contributed by atoms with Gasteiger partial charge >= 0.3 is 17.9 Å². The van der Waals surface area contributed by atoms with Gasteiger partial charge in [0.15, 0.2) is 6.10 Å². The quantitative estimate of drug-likeness (QED) is 0.0199. The minimum absolute atomic E-state index is 0.136. The topological polar surface area (TPSA) is 78.9 Å². The average Bonchev–Trinajstić information content (AvgIpc) is 3.30. The molecule has 1 unspecified atom stereocenters. The number of rotatable bonds is 44. The lowest BCUT2D eigenvalue weighted by Gasteiger charge is -2.18. The predicted molar refractivity (Wildman–Crippen MR) is 279 cm³/mol. The molecular formula is C59H92O6. The van der Waals surface area contributed by atoms with Crippen LogP contribution in [0, 0.1) is 0 Å². The number of unbranched alkanes of at least 4 members (excludes halogenated alkanes) is 15. The zero-order chi connectivity index (χ0) is 47.2. The third kappa shape index (κ3) is 50.4. The molecule has 0 spiro atoms. The van der Waals surface area contributed by atoms with Crippen molar-refractivity contribution in [2.24, 2.45) is 0 Å². The molecule has 0 aromatic heterocycles. The fourth-order valence-electron chi connectivity index (χ4n) is 6.44. The Balaban J connectivity index is 4.59. The van der Waals surface area contributed by atoms with Crippen molar-refractivity contribution in [1.29, 1.82) is 0 Å². The van der Waals surface area contributed by atoms with Crippen LogP contribution in [0.1, 0.15) is 201 Å². The Hall–Kier alpha value is -4.45. The molecule has 0 aliphatic rings. The second-order valence-corrected chi connectivity index (χ2v) is 16.4. The highest BCUT2D eigenvalue weighted by molar-refractivity contribution is 5.71. The molecule has 0 radical (unpaired) electrons. The molecule has 0 aromatic rings. The summed E-state index contributed by atoms with van der Waals surface area (Å²) in [7, 11) is 0. The largest absolute Gasteiger partial charge is 0.462 e. The van der Waals surface area contributed by atoms with Gasteiger partial charge in [-0.05, 0) is 96.3 Å². The zero-order valence-corrected chi connectivity index (χ0v) is 41.4. The smallest absolute Gasteiger partial charge is 0.306 e. The van der Waals surface area contributed by atoms with Crippen molar-refractivity contribution in [2.45, 2.75) is 207 Å². The Morgan fingerprint density at radius 3 is 1.18 bits per heavy atom. The zero-order valence-electron chi connectivity index (χ0n) is 41.4. The number of hydrogen-bond acceptors (Lipinski definition) is 6. The Morgan fingerprint density at radius 1 is 0.338 bits per heavy atom. The molecule has 0 bridgehead atoms. The van der Waals surface area contributed by atoms with Crippen molar-refractivity contribution in [3.8, 4) is 0 Å². The molecule has 0 aliphatic carbocycles. The van der Waals surface area contributed by atoms with Crippen LogP contribution in [-0.2, 0) is 28.6 Å². The molecule has 65 heavy (non-hydrogen) atoms. The van der Waals surface area contributed by atoms with Crippen molar-refractivity contribution in [2.75, 3.05) is 13.2 Å². The Bertz CT molecular complexity index is 1450. The molecule has 0 heterocycles. The van der Waals surface area contributed by atoms with Crippen LogP contribution in [0.4, 0.5) is 0 Å². The summed E-state index contributed by atoms with van der Waals surface area (Å²) < 4.78 is 16.7. The van der Waals surface area contributed by atoms with E-state index in [4.69, 9.17) is 14.2 Å². The highest BCUT2D eigenvalue weighted by Crippen LogP contribution is 2.13. The van der Waals surface area contributed by atoms with Crippen molar-refractivity contribution in [3.63, 3.8) is 0 Å². The second kappa shape index (κ2) is 52.2. The summed E-state index contributed by atoms with van der Waals surface area (Å²) >= 11 is 0. The van der Waals surface area contributed by atoms with E-state index < -0.39 is 6.10 Å². The first-order valence-corrected chi connectivity index (χ1v) is 25.8. The number of carbonyl (C=O) groups is 3. The Morgan fingerprint density at radius 2 is 0.692 bits per heavy atom. The van der Waals surface area contributed by atoms with E-state index in [1.165, 1.54) is 77.0 Å². The van der Waals surface area contributed by atoms with E-state index in [2.05, 4.69) is 99.8 Å². The minimum atomic E-state index is -0.836. The minimum Gasteiger partial charge on any atom is -0.462 e. The predicted octanol–water partition coefficient (Wildman–Crippen LogP) is 17.1. The second-order valence-electron chi connectivity index (χ2n) is 16.4. The van der Waals surface area contributed by atoms with Crippen LogP contribution in [0.15, 0.2) is 134 Å². The first-order valence-electron chi connectivity index (χ1n) is 25.8. The van der Waals surface area contributed by atoms with E-state index in [0.29, 0.717) is 19.3 Å². The standard InChI is InChI=1S/C59H92O6/c1-4-7-10-13-16-19-22-25-27-29-31-34-37-40-43-46-49-52-58(61)64-55-56(54-63-57(60)51-48-45-42-39-36-33-24-21-18-15-12-9-6-3)65-59(62)53-50-47-44-41-38-35-32-30-28-26-23-20-17-14-11-8-5-2/h7,9-10,12,15-16,18-19,21,24-28,31,33-34,36,39-40,42-43,56H,4-6,8,11,13-14,17,20,22-23,29-30,32,35,37-38,41,44-55H2,1-3H3/b10-7+,12-9+,18-15+,19-16+,24-21+,27-25+,28-26+,34-31+,36-33+,42-39+,43-40+. The molecule has 6 heteroatoms. The van der Waals surface area contributed by atoms with Gasteiger partial charge in [0.2, 0.25) is 0 Å². The fraction of sp³-hybridized carbons (Fsp3) is 0.576. The molecule has 0 N–H and O–H groups in total. The normalized spacial score (nSPS) is 13.2. The molecule has 0 saturated heterocycles. The van der Waals surface area contributed by atoms with Crippen LogP contribution in [0.3, 0.4) is 0 Å². The van der Waals surface area contributed by atoms with Gasteiger partial charge in [-0.25, -0.2) is 0 Å². The number of hydrogen-bond donors (Lipinski definition) is 0. The molecule has 0 saturated carbocycles. The third-order valence-electron chi connectivity index (χ3n) is 10.2. The Labute approximate surface area is 398 Å². The molecule has 364 valence electrons. The van der Waals surface area contributed by atoms with Gasteiger partial charge in [-0.2, -0.15) is 0 Å². The highest BCUT2D eigenvalue weighted by atomic mass is 16.6. The fourth-order valence-corrected chi connectivity index (χ4v) is 6.44. The molecule has 6 nitrogen and oxygen atoms in total. The first-order chi connectivity index (χ1) is 32.0. The van der Waals surface area contributed by atoms with Crippen molar-refractivity contribution < 1.29 is 28.6 Å². The van der Waals surface area contributed by atoms with E-state index in [9.17, 15) is 14.4 Å². The van der Waals surface area contributed by atoms with Crippen LogP contribution in [0.2, 0.25) is 0 Å². The highest BCUT2D eigenvalue weighted by Gasteiger charge is 2.19. The molecule has 0 amide bonds. The number of allylic oxidation sites excluding steroid dienone is 22. The van der Waals surface area contributed by atoms with Crippen LogP contribution in [0.5, 0.6) is 0 Å². The lowest BCUT2D eigenvalue weighted by Crippen LogP contribution is -2.30. The average molecular weight is 897 g/mol. The molecular weight excluding hydrogens is 805 g/mol. The van der Waals surface area contributed by atoms with Crippen LogP contribution in [0.25, 0.3) is 0 Å². The van der Waals surface area contributed by atoms with Crippen molar-refractivity contribution >= 4 is 17.9 Å². The number of ether oxygens (including phenoxy) is 3. The summed E-state index contributed by atoms with van der Waals surface area (Å²) in [6.45, 7) is 6.24. The summed E-state index contributed by atoms with van der Waals surface area (Å²) in [4.78, 5) is 37.9. The van der Waals surface area contributed by atoms with Crippen LogP contribution in [-0.4, -0.2) is 37.2 Å². The van der Waals surface area contributed by atoms with Crippen LogP contribution < -0.4 is 0 Å². The van der Waals surface area contributed by atoms with E-state index in [1.807, 2.05) is 54.7 Å². The molecule has 0 fully saturated rings.